The third-order valence-corrected chi connectivity index (χ3v) is 14.4. The van der Waals surface area contributed by atoms with Crippen molar-refractivity contribution in [1.29, 1.82) is 0 Å². The number of hydrogen-bond donors (Lipinski definition) is 0. The van der Waals surface area contributed by atoms with Crippen LogP contribution in [-0.2, 0) is 28.6 Å². The maximum absolute atomic E-state index is 12.9. The summed E-state index contributed by atoms with van der Waals surface area (Å²) in [5.41, 5.74) is 0. The lowest BCUT2D eigenvalue weighted by Crippen LogP contribution is -2.30. The molecule has 0 aromatic rings. The van der Waals surface area contributed by atoms with Crippen molar-refractivity contribution < 1.29 is 28.6 Å². The van der Waals surface area contributed by atoms with Gasteiger partial charge in [-0.15, -0.1) is 0 Å². The molecule has 0 radical (unpaired) electrons. The van der Waals surface area contributed by atoms with Crippen molar-refractivity contribution in [3.8, 4) is 0 Å². The Bertz CT molecular complexity index is 1730. The number of esters is 3. The topological polar surface area (TPSA) is 78.9 Å². The largest absolute Gasteiger partial charge is 0.462 e. The molecular weight excluding hydrogens is 1010 g/mol. The Morgan fingerprint density at radius 1 is 0.256 bits per heavy atom. The summed E-state index contributed by atoms with van der Waals surface area (Å²) in [4.78, 5) is 38.4. The van der Waals surface area contributed by atoms with Crippen molar-refractivity contribution in [3.05, 3.63) is 134 Å². The van der Waals surface area contributed by atoms with Gasteiger partial charge in [0, 0.05) is 19.3 Å². The number of carbonyl (C=O) groups excluding carboxylic acids is 3. The Kier molecular flexibility index (Phi) is 65.3. The molecule has 0 fully saturated rings. The Hall–Kier alpha value is -4.45. The van der Waals surface area contributed by atoms with E-state index in [1.54, 1.807) is 0 Å². The van der Waals surface area contributed by atoms with Crippen molar-refractivity contribution in [3.63, 3.8) is 0 Å². The van der Waals surface area contributed by atoms with Crippen LogP contribution in [-0.4, -0.2) is 37.2 Å². The van der Waals surface area contributed by atoms with Gasteiger partial charge in [0.2, 0.25) is 0 Å². The van der Waals surface area contributed by atoms with Gasteiger partial charge in [-0.05, 0) is 141 Å². The van der Waals surface area contributed by atoms with E-state index in [-0.39, 0.29) is 31.1 Å². The summed E-state index contributed by atoms with van der Waals surface area (Å²) in [6.45, 7) is 6.49. The first-order valence-corrected chi connectivity index (χ1v) is 34.2. The molecular formula is C76H126O6. The number of rotatable bonds is 61. The van der Waals surface area contributed by atoms with E-state index in [0.29, 0.717) is 25.7 Å². The van der Waals surface area contributed by atoms with Crippen LogP contribution < -0.4 is 0 Å². The molecule has 0 aromatic heterocycles. The summed E-state index contributed by atoms with van der Waals surface area (Å²) >= 11 is 0. The van der Waals surface area contributed by atoms with E-state index in [1.165, 1.54) is 141 Å². The fourth-order valence-electron chi connectivity index (χ4n) is 9.25. The molecule has 1 unspecified atom stereocenters. The second-order valence-corrected chi connectivity index (χ2v) is 22.3. The third kappa shape index (κ3) is 66.4. The highest BCUT2D eigenvalue weighted by Gasteiger charge is 2.19. The fraction of sp³-hybridized carbons (Fsp3) is 0.671. The van der Waals surface area contributed by atoms with Crippen molar-refractivity contribution >= 4 is 17.9 Å². The highest BCUT2D eigenvalue weighted by atomic mass is 16.6. The van der Waals surface area contributed by atoms with Gasteiger partial charge in [0.25, 0.3) is 0 Å². The number of allylic oxidation sites excluding steroid dienone is 22. The average molecular weight is 1140 g/mol. The van der Waals surface area contributed by atoms with Gasteiger partial charge in [-0.2, -0.15) is 0 Å². The van der Waals surface area contributed by atoms with E-state index in [1.807, 2.05) is 0 Å². The molecule has 82 heavy (non-hydrogen) atoms. The molecule has 0 amide bonds. The third-order valence-electron chi connectivity index (χ3n) is 14.4. The molecule has 0 aromatic carbocycles. The highest BCUT2D eigenvalue weighted by Crippen LogP contribution is 2.15. The van der Waals surface area contributed by atoms with Gasteiger partial charge in [-0.1, -0.05) is 283 Å². The monoisotopic (exact) mass is 1130 g/mol. The molecule has 0 rings (SSSR count). The lowest BCUT2D eigenvalue weighted by molar-refractivity contribution is -0.167. The zero-order valence-corrected chi connectivity index (χ0v) is 53.5. The second kappa shape index (κ2) is 69.0. The Balaban J connectivity index is 4.48. The number of hydrogen-bond acceptors (Lipinski definition) is 6. The van der Waals surface area contributed by atoms with Crippen LogP contribution in [0.3, 0.4) is 0 Å². The summed E-state index contributed by atoms with van der Waals surface area (Å²) in [5.74, 6) is -0.952. The summed E-state index contributed by atoms with van der Waals surface area (Å²) in [5, 5.41) is 0. The van der Waals surface area contributed by atoms with Crippen LogP contribution in [0.15, 0.2) is 134 Å². The van der Waals surface area contributed by atoms with E-state index in [2.05, 4.69) is 154 Å². The zero-order valence-electron chi connectivity index (χ0n) is 53.5. The van der Waals surface area contributed by atoms with E-state index in [4.69, 9.17) is 14.2 Å². The Labute approximate surface area is 506 Å². The molecule has 466 valence electrons. The lowest BCUT2D eigenvalue weighted by atomic mass is 10.1. The number of ether oxygens (including phenoxy) is 3. The molecule has 0 bridgehead atoms. The molecule has 0 aliphatic rings. The Morgan fingerprint density at radius 3 is 0.780 bits per heavy atom. The molecule has 6 heteroatoms. The molecule has 0 aliphatic carbocycles. The van der Waals surface area contributed by atoms with Crippen LogP contribution in [0.2, 0.25) is 0 Å². The predicted octanol–water partition coefficient (Wildman–Crippen LogP) is 23.7. The first-order valence-electron chi connectivity index (χ1n) is 34.2. The van der Waals surface area contributed by atoms with E-state index >= 15 is 0 Å². The predicted molar refractivity (Wildman–Crippen MR) is 357 cm³/mol. The minimum atomic E-state index is -0.808. The summed E-state index contributed by atoms with van der Waals surface area (Å²) in [6, 6.07) is 0. The standard InChI is InChI=1S/C76H126O6/c1-4-7-10-13-16-19-22-25-28-31-33-35-36-37-38-39-40-42-43-45-48-51-54-57-60-63-66-69-75(78)81-72-73(71-80-74(77)68-65-62-59-56-53-50-47-30-27-24-21-18-15-12-9-6-3)82-76(79)70-67-64-61-58-55-52-49-46-44-41-34-32-29-26-23-20-17-14-11-8-5-2/h7,10,16,19,23,25-26,28,30,32-35,37-38,40,42,45,47-48,54,57,73H,4-6,8-9,11-15,17-18,20-22,24,27,29,31,36,39,41,43-44,46,49-53,55-56,58-72H2,1-3H3/b10-7-,19-16-,26-23-,28-25-,34-32-,35-33-,38-37-,42-40-,47-30-,48-45-,57-54-. The molecule has 1 atom stereocenters. The van der Waals surface area contributed by atoms with E-state index < -0.39 is 6.10 Å². The van der Waals surface area contributed by atoms with Gasteiger partial charge in [0.05, 0.1) is 0 Å². The van der Waals surface area contributed by atoms with Gasteiger partial charge in [0.15, 0.2) is 6.10 Å². The van der Waals surface area contributed by atoms with Gasteiger partial charge in [-0.3, -0.25) is 14.4 Å². The molecule has 0 saturated heterocycles. The molecule has 0 aliphatic heterocycles. The van der Waals surface area contributed by atoms with Gasteiger partial charge in [0.1, 0.15) is 13.2 Å². The normalized spacial score (nSPS) is 13.0. The minimum Gasteiger partial charge on any atom is -0.462 e. The van der Waals surface area contributed by atoms with E-state index in [0.717, 1.165) is 122 Å². The van der Waals surface area contributed by atoms with Crippen LogP contribution in [0.1, 0.15) is 310 Å². The van der Waals surface area contributed by atoms with Crippen molar-refractivity contribution in [2.75, 3.05) is 13.2 Å². The van der Waals surface area contributed by atoms with Crippen LogP contribution in [0.5, 0.6) is 0 Å². The van der Waals surface area contributed by atoms with Crippen molar-refractivity contribution in [1.82, 2.24) is 0 Å². The van der Waals surface area contributed by atoms with Crippen LogP contribution in [0.4, 0.5) is 0 Å². The van der Waals surface area contributed by atoms with Gasteiger partial charge in [-0.25, -0.2) is 0 Å². The van der Waals surface area contributed by atoms with Gasteiger partial charge >= 0.3 is 17.9 Å². The van der Waals surface area contributed by atoms with Crippen LogP contribution in [0.25, 0.3) is 0 Å². The number of unbranched alkanes of at least 4 members (excludes halogenated alkanes) is 28. The second-order valence-electron chi connectivity index (χ2n) is 22.3. The summed E-state index contributed by atoms with van der Waals surface area (Å²) in [7, 11) is 0. The maximum Gasteiger partial charge on any atom is 0.306 e. The van der Waals surface area contributed by atoms with Crippen LogP contribution >= 0.6 is 0 Å². The highest BCUT2D eigenvalue weighted by molar-refractivity contribution is 5.71. The molecule has 0 spiro atoms. The average Bonchev–Trinajstić information content (AvgIpc) is 3.47. The fourth-order valence-corrected chi connectivity index (χ4v) is 9.25. The molecule has 0 N–H and O–H groups in total. The zero-order chi connectivity index (χ0) is 59.2. The molecule has 0 saturated carbocycles. The smallest absolute Gasteiger partial charge is 0.306 e. The van der Waals surface area contributed by atoms with Crippen molar-refractivity contribution in [2.45, 2.75) is 316 Å². The number of carbonyl (C=O) groups is 3. The summed E-state index contributed by atoms with van der Waals surface area (Å²) in [6.07, 6.45) is 97.5. The first kappa shape index (κ1) is 77.5. The molecule has 6 nitrogen and oxygen atoms in total. The lowest BCUT2D eigenvalue weighted by Gasteiger charge is -2.18. The van der Waals surface area contributed by atoms with Crippen LogP contribution in [0, 0.1) is 0 Å². The van der Waals surface area contributed by atoms with Crippen molar-refractivity contribution in [2.24, 2.45) is 0 Å². The summed E-state index contributed by atoms with van der Waals surface area (Å²) < 4.78 is 16.9. The van der Waals surface area contributed by atoms with E-state index in [9.17, 15) is 14.4 Å². The minimum absolute atomic E-state index is 0.101. The maximum atomic E-state index is 12.9. The Morgan fingerprint density at radius 2 is 0.476 bits per heavy atom. The quantitative estimate of drug-likeness (QED) is 0.0261. The SMILES string of the molecule is CC/C=C\C/C=C\C/C=C\C/C=C\C/C=C\C/C=C\C/C=C\C/C=C\CCCCC(=O)OCC(COC(=O)CCCCCCC/C=C\CCCCCCCCC)OC(=O)CCCCCCCCCCC/C=C\C/C=C\CCCCCCC. The van der Waals surface area contributed by atoms with Gasteiger partial charge < -0.3 is 14.2 Å². The first-order chi connectivity index (χ1) is 40.5. The molecule has 0 heterocycles.